The van der Waals surface area contributed by atoms with Crippen LogP contribution in [-0.2, 0) is 0 Å². The molecule has 0 radical (unpaired) electrons. The van der Waals surface area contributed by atoms with Crippen molar-refractivity contribution in [2.75, 3.05) is 12.4 Å². The SMILES string of the molecule is COc1cc(Cl)c(C)cc1NC(=O)c1cc2cc3ccc(C)cc3nc2s1. The molecular weight excluding hydrogens is 380 g/mol. The number of aromatic nitrogens is 1. The number of ether oxygens (including phenoxy) is 1. The van der Waals surface area contributed by atoms with E-state index >= 15 is 0 Å². The van der Waals surface area contributed by atoms with E-state index < -0.39 is 0 Å². The quantitative estimate of drug-likeness (QED) is 0.463. The molecule has 4 rings (SSSR count). The van der Waals surface area contributed by atoms with Crippen molar-refractivity contribution in [1.82, 2.24) is 4.98 Å². The summed E-state index contributed by atoms with van der Waals surface area (Å²) < 4.78 is 5.33. The van der Waals surface area contributed by atoms with Crippen LogP contribution >= 0.6 is 22.9 Å². The Morgan fingerprint density at radius 3 is 2.70 bits per heavy atom. The van der Waals surface area contributed by atoms with Gasteiger partial charge in [0.05, 0.1) is 23.2 Å². The number of halogens is 1. The van der Waals surface area contributed by atoms with Gasteiger partial charge in [0.25, 0.3) is 5.91 Å². The van der Waals surface area contributed by atoms with Crippen molar-refractivity contribution in [3.63, 3.8) is 0 Å². The number of pyridine rings is 1. The van der Waals surface area contributed by atoms with Gasteiger partial charge in [-0.2, -0.15) is 0 Å². The third-order valence-corrected chi connectivity index (χ3v) is 5.86. The van der Waals surface area contributed by atoms with Gasteiger partial charge in [-0.05, 0) is 49.2 Å². The standard InChI is InChI=1S/C21H17ClN2O2S/c1-11-4-5-13-8-14-9-19(27-21(14)24-16(13)6-11)20(25)23-17-7-12(2)15(22)10-18(17)26-3/h4-10H,1-3H3,(H,23,25). The van der Waals surface area contributed by atoms with Crippen LogP contribution in [0.5, 0.6) is 5.75 Å². The fraction of sp³-hybridized carbons (Fsp3) is 0.143. The highest BCUT2D eigenvalue weighted by atomic mass is 35.5. The molecule has 2 aromatic heterocycles. The lowest BCUT2D eigenvalue weighted by Crippen LogP contribution is -2.11. The molecule has 0 atom stereocenters. The van der Waals surface area contributed by atoms with Crippen molar-refractivity contribution < 1.29 is 9.53 Å². The summed E-state index contributed by atoms with van der Waals surface area (Å²) >= 11 is 7.51. The number of carbonyl (C=O) groups excluding carboxylic acids is 1. The Hall–Kier alpha value is -2.63. The number of hydrogen-bond donors (Lipinski definition) is 1. The van der Waals surface area contributed by atoms with Crippen molar-refractivity contribution >= 4 is 55.7 Å². The van der Waals surface area contributed by atoms with E-state index in [0.717, 1.165) is 32.2 Å². The van der Waals surface area contributed by atoms with E-state index in [2.05, 4.69) is 29.6 Å². The Balaban J connectivity index is 1.71. The molecule has 0 bridgehead atoms. The maximum absolute atomic E-state index is 12.8. The summed E-state index contributed by atoms with van der Waals surface area (Å²) in [6.45, 7) is 3.93. The van der Waals surface area contributed by atoms with E-state index in [1.165, 1.54) is 11.3 Å². The molecule has 0 spiro atoms. The minimum absolute atomic E-state index is 0.196. The van der Waals surface area contributed by atoms with Gasteiger partial charge >= 0.3 is 0 Å². The zero-order valence-electron chi connectivity index (χ0n) is 15.1. The molecule has 0 fully saturated rings. The maximum atomic E-state index is 12.8. The molecule has 4 nitrogen and oxygen atoms in total. The summed E-state index contributed by atoms with van der Waals surface area (Å²) in [5.41, 5.74) is 3.56. The fourth-order valence-corrected chi connectivity index (χ4v) is 4.03. The summed E-state index contributed by atoms with van der Waals surface area (Å²) in [4.78, 5) is 18.9. The molecule has 6 heteroatoms. The van der Waals surface area contributed by atoms with Crippen molar-refractivity contribution in [1.29, 1.82) is 0 Å². The number of aryl methyl sites for hydroxylation is 2. The summed E-state index contributed by atoms with van der Waals surface area (Å²) in [6.07, 6.45) is 0. The van der Waals surface area contributed by atoms with Gasteiger partial charge in [0, 0.05) is 21.9 Å². The Kier molecular flexibility index (Phi) is 4.50. The van der Waals surface area contributed by atoms with Crippen LogP contribution in [0.2, 0.25) is 5.02 Å². The molecule has 2 aromatic carbocycles. The summed E-state index contributed by atoms with van der Waals surface area (Å²) in [7, 11) is 1.55. The second-order valence-electron chi connectivity index (χ2n) is 6.45. The normalized spacial score (nSPS) is 11.1. The van der Waals surface area contributed by atoms with Crippen molar-refractivity contribution in [2.24, 2.45) is 0 Å². The lowest BCUT2D eigenvalue weighted by atomic mass is 10.1. The van der Waals surface area contributed by atoms with E-state index in [9.17, 15) is 4.79 Å². The van der Waals surface area contributed by atoms with Crippen LogP contribution in [-0.4, -0.2) is 18.0 Å². The van der Waals surface area contributed by atoms with Gasteiger partial charge in [0.2, 0.25) is 0 Å². The second kappa shape index (κ2) is 6.83. The number of nitrogens with one attached hydrogen (secondary N) is 1. The van der Waals surface area contributed by atoms with Crippen LogP contribution in [0.1, 0.15) is 20.8 Å². The highest BCUT2D eigenvalue weighted by Gasteiger charge is 2.15. The molecule has 1 N–H and O–H groups in total. The summed E-state index contributed by atoms with van der Waals surface area (Å²) in [5, 5.41) is 5.53. The Labute approximate surface area is 165 Å². The van der Waals surface area contributed by atoms with Crippen LogP contribution in [0.25, 0.3) is 21.1 Å². The first-order valence-corrected chi connectivity index (χ1v) is 9.60. The van der Waals surface area contributed by atoms with E-state index in [1.807, 2.05) is 26.0 Å². The Morgan fingerprint density at radius 2 is 1.93 bits per heavy atom. The van der Waals surface area contributed by atoms with Gasteiger partial charge in [0.15, 0.2) is 0 Å². The van der Waals surface area contributed by atoms with E-state index in [-0.39, 0.29) is 5.91 Å². The first-order chi connectivity index (χ1) is 12.9. The first kappa shape index (κ1) is 17.8. The lowest BCUT2D eigenvalue weighted by molar-refractivity contribution is 0.103. The first-order valence-electron chi connectivity index (χ1n) is 8.41. The number of amides is 1. The zero-order chi connectivity index (χ0) is 19.1. The second-order valence-corrected chi connectivity index (χ2v) is 7.88. The maximum Gasteiger partial charge on any atom is 0.265 e. The van der Waals surface area contributed by atoms with Crippen molar-refractivity contribution in [3.8, 4) is 5.75 Å². The van der Waals surface area contributed by atoms with Gasteiger partial charge in [-0.15, -0.1) is 11.3 Å². The molecule has 0 saturated carbocycles. The molecule has 0 aliphatic rings. The van der Waals surface area contributed by atoms with E-state index in [0.29, 0.717) is 21.3 Å². The van der Waals surface area contributed by atoms with Crippen molar-refractivity contribution in [2.45, 2.75) is 13.8 Å². The molecule has 0 saturated heterocycles. The van der Waals surface area contributed by atoms with Crippen LogP contribution in [0.15, 0.2) is 42.5 Å². The number of rotatable bonds is 3. The number of thiophene rings is 1. The topological polar surface area (TPSA) is 51.2 Å². The van der Waals surface area contributed by atoms with E-state index in [1.54, 1.807) is 13.2 Å². The van der Waals surface area contributed by atoms with Crippen LogP contribution in [0, 0.1) is 13.8 Å². The highest BCUT2D eigenvalue weighted by Crippen LogP contribution is 2.33. The molecule has 27 heavy (non-hydrogen) atoms. The average molecular weight is 397 g/mol. The number of fused-ring (bicyclic) bond motifs is 2. The van der Waals surface area contributed by atoms with E-state index in [4.69, 9.17) is 21.3 Å². The van der Waals surface area contributed by atoms with Crippen molar-refractivity contribution in [3.05, 3.63) is 63.5 Å². The van der Waals surface area contributed by atoms with Gasteiger partial charge in [-0.25, -0.2) is 4.98 Å². The highest BCUT2D eigenvalue weighted by molar-refractivity contribution is 7.20. The van der Waals surface area contributed by atoms with Gasteiger partial charge < -0.3 is 10.1 Å². The average Bonchev–Trinajstić information content (AvgIpc) is 3.05. The molecular formula is C21H17ClN2O2S. The van der Waals surface area contributed by atoms with Gasteiger partial charge in [-0.3, -0.25) is 4.79 Å². The largest absolute Gasteiger partial charge is 0.495 e. The number of methoxy groups -OCH3 is 1. The molecule has 0 unspecified atom stereocenters. The predicted octanol–water partition coefficient (Wildman–Crippen LogP) is 5.98. The predicted molar refractivity (Wildman–Crippen MR) is 113 cm³/mol. The monoisotopic (exact) mass is 396 g/mol. The van der Waals surface area contributed by atoms with Crippen LogP contribution < -0.4 is 10.1 Å². The minimum Gasteiger partial charge on any atom is -0.495 e. The molecule has 0 aliphatic carbocycles. The molecule has 1 amide bonds. The number of hydrogen-bond acceptors (Lipinski definition) is 4. The third kappa shape index (κ3) is 3.36. The summed E-state index contributed by atoms with van der Waals surface area (Å²) in [5.74, 6) is 0.331. The fourth-order valence-electron chi connectivity index (χ4n) is 2.96. The zero-order valence-corrected chi connectivity index (χ0v) is 16.7. The van der Waals surface area contributed by atoms with Gasteiger partial charge in [0.1, 0.15) is 10.6 Å². The smallest absolute Gasteiger partial charge is 0.265 e. The molecule has 0 aliphatic heterocycles. The summed E-state index contributed by atoms with van der Waals surface area (Å²) in [6, 6.07) is 13.6. The van der Waals surface area contributed by atoms with Gasteiger partial charge in [-0.1, -0.05) is 23.7 Å². The molecule has 2 heterocycles. The minimum atomic E-state index is -0.196. The third-order valence-electron chi connectivity index (χ3n) is 4.41. The van der Waals surface area contributed by atoms with Crippen LogP contribution in [0.3, 0.4) is 0 Å². The molecule has 136 valence electrons. The molecule has 4 aromatic rings. The number of anilines is 1. The Bertz CT molecular complexity index is 1200. The lowest BCUT2D eigenvalue weighted by Gasteiger charge is -2.11. The number of benzene rings is 2. The van der Waals surface area contributed by atoms with Crippen LogP contribution in [0.4, 0.5) is 5.69 Å². The number of nitrogens with zero attached hydrogens (tertiary/aromatic N) is 1. The number of carbonyl (C=O) groups is 1. The Morgan fingerprint density at radius 1 is 1.11 bits per heavy atom.